The van der Waals surface area contributed by atoms with Crippen LogP contribution in [0.25, 0.3) is 0 Å². The van der Waals surface area contributed by atoms with Crippen LogP contribution in [0, 0.1) is 6.92 Å². The van der Waals surface area contributed by atoms with Crippen LogP contribution in [0.3, 0.4) is 0 Å². The van der Waals surface area contributed by atoms with E-state index < -0.39 is 0 Å². The number of anilines is 2. The van der Waals surface area contributed by atoms with Crippen LogP contribution in [0.5, 0.6) is 0 Å². The number of rotatable bonds is 2. The number of nitrogens with two attached hydrogens (primary N) is 1. The highest BCUT2D eigenvalue weighted by Gasteiger charge is 2.20. The summed E-state index contributed by atoms with van der Waals surface area (Å²) in [5.74, 6) is 0. The second-order valence-corrected chi connectivity index (χ2v) is 5.57. The third kappa shape index (κ3) is 2.41. The van der Waals surface area contributed by atoms with E-state index in [1.807, 2.05) is 12.1 Å². The number of aryl methyl sites for hydroxylation is 1. The molecular weight excluding hydrogens is 256 g/mol. The fourth-order valence-corrected chi connectivity index (χ4v) is 2.74. The van der Waals surface area contributed by atoms with Crippen LogP contribution in [0.4, 0.5) is 11.4 Å². The Morgan fingerprint density at radius 2 is 1.95 bits per heavy atom. The summed E-state index contributed by atoms with van der Waals surface area (Å²) in [5.41, 5.74) is 12.0. The minimum atomic E-state index is 0.783. The molecule has 0 atom stereocenters. The molecule has 2 aromatic carbocycles. The van der Waals surface area contributed by atoms with Gasteiger partial charge in [-0.3, -0.25) is 0 Å². The first-order chi connectivity index (χ1) is 9.13. The molecule has 0 aliphatic carbocycles. The number of hydrogen-bond donors (Lipinski definition) is 1. The van der Waals surface area contributed by atoms with E-state index in [4.69, 9.17) is 17.3 Å². The molecule has 0 bridgehead atoms. The van der Waals surface area contributed by atoms with Crippen LogP contribution in [0.1, 0.15) is 16.7 Å². The number of halogens is 1. The van der Waals surface area contributed by atoms with Crippen LogP contribution in [0.2, 0.25) is 5.02 Å². The largest absolute Gasteiger partial charge is 0.398 e. The van der Waals surface area contributed by atoms with Crippen LogP contribution in [-0.2, 0) is 13.0 Å². The van der Waals surface area contributed by atoms with Gasteiger partial charge in [0.15, 0.2) is 0 Å². The fraction of sp³-hybridized carbons (Fsp3) is 0.250. The van der Waals surface area contributed by atoms with Crippen molar-refractivity contribution in [3.05, 3.63) is 58.1 Å². The summed E-state index contributed by atoms with van der Waals surface area (Å²) in [6, 6.07) is 12.4. The normalized spacial score (nSPS) is 13.7. The van der Waals surface area contributed by atoms with Gasteiger partial charge in [-0.25, -0.2) is 0 Å². The maximum Gasteiger partial charge on any atom is 0.0429 e. The zero-order valence-corrected chi connectivity index (χ0v) is 11.7. The van der Waals surface area contributed by atoms with Gasteiger partial charge in [-0.1, -0.05) is 29.8 Å². The van der Waals surface area contributed by atoms with Gasteiger partial charge in [0.2, 0.25) is 0 Å². The van der Waals surface area contributed by atoms with Gasteiger partial charge in [-0.15, -0.1) is 0 Å². The Morgan fingerprint density at radius 3 is 2.68 bits per heavy atom. The van der Waals surface area contributed by atoms with Gasteiger partial charge >= 0.3 is 0 Å². The molecule has 0 unspecified atom stereocenters. The molecule has 0 fully saturated rings. The fourth-order valence-electron chi connectivity index (χ4n) is 2.62. The highest BCUT2D eigenvalue weighted by molar-refractivity contribution is 6.30. The van der Waals surface area contributed by atoms with Gasteiger partial charge in [0, 0.05) is 29.5 Å². The van der Waals surface area contributed by atoms with Crippen molar-refractivity contribution in [3.8, 4) is 0 Å². The molecule has 2 nitrogen and oxygen atoms in total. The van der Waals surface area contributed by atoms with Crippen LogP contribution in [-0.4, -0.2) is 6.54 Å². The van der Waals surface area contributed by atoms with Crippen LogP contribution >= 0.6 is 11.6 Å². The standard InChI is InChI=1S/C16H17ClN2/c1-11-8-13-6-7-19(16(13)9-15(11)18)10-12-2-4-14(17)5-3-12/h2-5,8-9H,6-7,10,18H2,1H3. The van der Waals surface area contributed by atoms with Gasteiger partial charge < -0.3 is 10.6 Å². The van der Waals surface area contributed by atoms with Crippen molar-refractivity contribution < 1.29 is 0 Å². The summed E-state index contributed by atoms with van der Waals surface area (Å²) < 4.78 is 0. The number of fused-ring (bicyclic) bond motifs is 1. The lowest BCUT2D eigenvalue weighted by Crippen LogP contribution is -2.19. The van der Waals surface area contributed by atoms with Crippen molar-refractivity contribution in [2.45, 2.75) is 19.9 Å². The molecule has 1 aliphatic rings. The third-order valence-electron chi connectivity index (χ3n) is 3.75. The third-order valence-corrected chi connectivity index (χ3v) is 4.00. The second-order valence-electron chi connectivity index (χ2n) is 5.14. The molecule has 0 saturated heterocycles. The van der Waals surface area contributed by atoms with Gasteiger partial charge in [0.05, 0.1) is 0 Å². The predicted molar refractivity (Wildman–Crippen MR) is 81.8 cm³/mol. The van der Waals surface area contributed by atoms with Crippen molar-refractivity contribution >= 4 is 23.0 Å². The maximum atomic E-state index is 6.02. The molecule has 0 spiro atoms. The van der Waals surface area contributed by atoms with E-state index in [1.54, 1.807) is 0 Å². The lowest BCUT2D eigenvalue weighted by Gasteiger charge is -2.20. The highest BCUT2D eigenvalue weighted by atomic mass is 35.5. The van der Waals surface area contributed by atoms with E-state index in [0.717, 1.165) is 30.2 Å². The Bertz CT molecular complexity index is 605. The van der Waals surface area contributed by atoms with E-state index in [9.17, 15) is 0 Å². The van der Waals surface area contributed by atoms with E-state index >= 15 is 0 Å². The zero-order valence-electron chi connectivity index (χ0n) is 11.0. The van der Waals surface area contributed by atoms with Gasteiger partial charge in [0.25, 0.3) is 0 Å². The van der Waals surface area contributed by atoms with Gasteiger partial charge in [0.1, 0.15) is 0 Å². The maximum absolute atomic E-state index is 6.02. The lowest BCUT2D eigenvalue weighted by atomic mass is 10.1. The van der Waals surface area contributed by atoms with Crippen molar-refractivity contribution in [3.63, 3.8) is 0 Å². The lowest BCUT2D eigenvalue weighted by molar-refractivity contribution is 0.836. The van der Waals surface area contributed by atoms with Gasteiger partial charge in [-0.2, -0.15) is 0 Å². The van der Waals surface area contributed by atoms with Crippen molar-refractivity contribution in [1.29, 1.82) is 0 Å². The Kier molecular flexibility index (Phi) is 3.11. The number of hydrogen-bond acceptors (Lipinski definition) is 2. The summed E-state index contributed by atoms with van der Waals surface area (Å²) in [4.78, 5) is 2.38. The zero-order chi connectivity index (χ0) is 13.4. The molecule has 2 N–H and O–H groups in total. The van der Waals surface area contributed by atoms with Crippen molar-refractivity contribution in [2.75, 3.05) is 17.2 Å². The molecule has 1 aliphatic heterocycles. The monoisotopic (exact) mass is 272 g/mol. The van der Waals surface area contributed by atoms with Crippen molar-refractivity contribution in [2.24, 2.45) is 0 Å². The highest BCUT2D eigenvalue weighted by Crippen LogP contribution is 2.33. The van der Waals surface area contributed by atoms with E-state index in [-0.39, 0.29) is 0 Å². The smallest absolute Gasteiger partial charge is 0.0429 e. The van der Waals surface area contributed by atoms with Crippen LogP contribution in [0.15, 0.2) is 36.4 Å². The average Bonchev–Trinajstić information content (AvgIpc) is 2.76. The first-order valence-corrected chi connectivity index (χ1v) is 6.89. The number of benzene rings is 2. The minimum absolute atomic E-state index is 0.783. The topological polar surface area (TPSA) is 29.3 Å². The minimum Gasteiger partial charge on any atom is -0.398 e. The molecular formula is C16H17ClN2. The quantitative estimate of drug-likeness (QED) is 0.843. The molecule has 0 saturated carbocycles. The first kappa shape index (κ1) is 12.4. The summed E-state index contributed by atoms with van der Waals surface area (Å²) in [6.45, 7) is 4.03. The van der Waals surface area contributed by atoms with E-state index in [0.29, 0.717) is 0 Å². The first-order valence-electron chi connectivity index (χ1n) is 6.52. The molecule has 98 valence electrons. The molecule has 3 heteroatoms. The second kappa shape index (κ2) is 4.78. The summed E-state index contributed by atoms with van der Waals surface area (Å²) in [7, 11) is 0. The molecule has 0 aromatic heterocycles. The average molecular weight is 273 g/mol. The molecule has 19 heavy (non-hydrogen) atoms. The summed E-state index contributed by atoms with van der Waals surface area (Å²) >= 11 is 5.92. The van der Waals surface area contributed by atoms with Crippen molar-refractivity contribution in [1.82, 2.24) is 0 Å². The number of nitrogens with zero attached hydrogens (tertiary/aromatic N) is 1. The van der Waals surface area contributed by atoms with E-state index in [1.165, 1.54) is 22.4 Å². The number of nitrogen functional groups attached to an aromatic ring is 1. The Hall–Kier alpha value is -1.67. The van der Waals surface area contributed by atoms with Crippen LogP contribution < -0.4 is 10.6 Å². The SMILES string of the molecule is Cc1cc2c(cc1N)N(Cc1ccc(Cl)cc1)CC2. The molecule has 0 amide bonds. The predicted octanol–water partition coefficient (Wildman–Crippen LogP) is 3.79. The summed E-state index contributed by atoms with van der Waals surface area (Å²) in [6.07, 6.45) is 1.10. The molecule has 0 radical (unpaired) electrons. The molecule has 1 heterocycles. The Labute approximate surface area is 118 Å². The Balaban J connectivity index is 1.86. The van der Waals surface area contributed by atoms with E-state index in [2.05, 4.69) is 36.1 Å². The van der Waals surface area contributed by atoms with Gasteiger partial charge in [-0.05, 0) is 48.2 Å². The molecule has 3 rings (SSSR count). The Morgan fingerprint density at radius 1 is 1.21 bits per heavy atom. The molecule has 2 aromatic rings. The summed E-state index contributed by atoms with van der Waals surface area (Å²) in [5, 5.41) is 0.783.